The van der Waals surface area contributed by atoms with E-state index in [1.807, 2.05) is 6.07 Å². The molecule has 0 saturated heterocycles. The van der Waals surface area contributed by atoms with Crippen LogP contribution < -0.4 is 0 Å². The maximum atomic E-state index is 13.3. The fraction of sp³-hybridized carbons (Fsp3) is 0. The van der Waals surface area contributed by atoms with E-state index in [0.29, 0.717) is 12.1 Å². The molecular weight excluding hydrogens is 239 g/mol. The van der Waals surface area contributed by atoms with Crippen molar-refractivity contribution in [3.63, 3.8) is 0 Å². The molecule has 0 amide bonds. The second kappa shape index (κ2) is 4.16. The second-order valence-electron chi connectivity index (χ2n) is 3.26. The molecule has 0 aliphatic carbocycles. The first kappa shape index (κ1) is 11.6. The van der Waals surface area contributed by atoms with E-state index in [-0.39, 0.29) is 0 Å². The van der Waals surface area contributed by atoms with Crippen LogP contribution in [0.25, 0.3) is 11.1 Å². The minimum Gasteiger partial charge on any atom is -0.207 e. The third-order valence-corrected chi connectivity index (χ3v) is 2.17. The van der Waals surface area contributed by atoms with Crippen LogP contribution >= 0.6 is 0 Å². The third kappa shape index (κ3) is 2.00. The van der Waals surface area contributed by atoms with E-state index in [0.717, 1.165) is 12.1 Å². The summed E-state index contributed by atoms with van der Waals surface area (Å²) in [4.78, 5) is 0. The highest BCUT2D eigenvalue weighted by Gasteiger charge is 2.18. The van der Waals surface area contributed by atoms with Crippen molar-refractivity contribution < 1.29 is 22.0 Å². The van der Waals surface area contributed by atoms with Gasteiger partial charge in [-0.2, -0.15) is 0 Å². The van der Waals surface area contributed by atoms with Gasteiger partial charge < -0.3 is 0 Å². The van der Waals surface area contributed by atoms with Gasteiger partial charge in [0.2, 0.25) is 0 Å². The molecule has 1 radical (unpaired) electrons. The molecular formula is C12H4F5. The van der Waals surface area contributed by atoms with Gasteiger partial charge in [-0.15, -0.1) is 0 Å². The van der Waals surface area contributed by atoms with Crippen molar-refractivity contribution in [2.75, 3.05) is 0 Å². The fourth-order valence-electron chi connectivity index (χ4n) is 1.45. The molecule has 2 rings (SSSR count). The zero-order valence-electron chi connectivity index (χ0n) is 8.20. The summed E-state index contributed by atoms with van der Waals surface area (Å²) in [5.41, 5.74) is -1.42. The van der Waals surface area contributed by atoms with Gasteiger partial charge >= 0.3 is 0 Å². The Kier molecular flexibility index (Phi) is 2.83. The van der Waals surface area contributed by atoms with Gasteiger partial charge in [-0.25, -0.2) is 22.0 Å². The number of benzene rings is 2. The van der Waals surface area contributed by atoms with Crippen molar-refractivity contribution in [2.45, 2.75) is 0 Å². The average molecular weight is 243 g/mol. The van der Waals surface area contributed by atoms with Gasteiger partial charge in [-0.05, 0) is 0 Å². The first-order chi connectivity index (χ1) is 8.00. The Morgan fingerprint density at radius 1 is 0.882 bits per heavy atom. The molecule has 17 heavy (non-hydrogen) atoms. The topological polar surface area (TPSA) is 0 Å². The predicted molar refractivity (Wildman–Crippen MR) is 50.5 cm³/mol. The Bertz CT molecular complexity index is 554. The molecule has 0 aliphatic rings. The van der Waals surface area contributed by atoms with Gasteiger partial charge in [0, 0.05) is 23.8 Å². The molecule has 2 aromatic rings. The quantitative estimate of drug-likeness (QED) is 0.667. The molecule has 2 aromatic carbocycles. The highest BCUT2D eigenvalue weighted by Crippen LogP contribution is 2.29. The van der Waals surface area contributed by atoms with E-state index < -0.39 is 40.2 Å². The van der Waals surface area contributed by atoms with Crippen LogP contribution in [0.5, 0.6) is 0 Å². The molecule has 87 valence electrons. The zero-order chi connectivity index (χ0) is 12.6. The van der Waals surface area contributed by atoms with Crippen molar-refractivity contribution in [3.8, 4) is 11.1 Å². The van der Waals surface area contributed by atoms with Crippen molar-refractivity contribution >= 4 is 0 Å². The van der Waals surface area contributed by atoms with Crippen LogP contribution in [-0.4, -0.2) is 0 Å². The summed E-state index contributed by atoms with van der Waals surface area (Å²) in [6.45, 7) is 0. The zero-order valence-corrected chi connectivity index (χ0v) is 8.20. The first-order valence-corrected chi connectivity index (χ1v) is 4.51. The van der Waals surface area contributed by atoms with Crippen LogP contribution in [0.1, 0.15) is 0 Å². The Morgan fingerprint density at radius 2 is 1.47 bits per heavy atom. The highest BCUT2D eigenvalue weighted by molar-refractivity contribution is 5.65. The number of halogens is 5. The normalized spacial score (nSPS) is 10.6. The van der Waals surface area contributed by atoms with E-state index in [2.05, 4.69) is 0 Å². The Morgan fingerprint density at radius 3 is 2.06 bits per heavy atom. The molecule has 0 N–H and O–H groups in total. The SMILES string of the molecule is Fc1cc(F)c(-c2cc[c]c(F)c2F)c(F)c1. The molecule has 0 aliphatic heterocycles. The van der Waals surface area contributed by atoms with Crippen LogP contribution in [0, 0.1) is 35.2 Å². The van der Waals surface area contributed by atoms with E-state index in [9.17, 15) is 22.0 Å². The van der Waals surface area contributed by atoms with Gasteiger partial charge in [0.25, 0.3) is 0 Å². The van der Waals surface area contributed by atoms with Crippen LogP contribution in [0.2, 0.25) is 0 Å². The van der Waals surface area contributed by atoms with Crippen LogP contribution in [-0.2, 0) is 0 Å². The predicted octanol–water partition coefficient (Wildman–Crippen LogP) is 3.85. The van der Waals surface area contributed by atoms with Gasteiger partial charge in [0.05, 0.1) is 5.56 Å². The molecule has 0 spiro atoms. The van der Waals surface area contributed by atoms with E-state index in [4.69, 9.17) is 0 Å². The van der Waals surface area contributed by atoms with Crippen molar-refractivity contribution in [2.24, 2.45) is 0 Å². The molecule has 0 heterocycles. The lowest BCUT2D eigenvalue weighted by molar-refractivity contribution is 0.505. The lowest BCUT2D eigenvalue weighted by Gasteiger charge is -2.07. The molecule has 0 unspecified atom stereocenters. The van der Waals surface area contributed by atoms with E-state index >= 15 is 0 Å². The summed E-state index contributed by atoms with van der Waals surface area (Å²) < 4.78 is 65.5. The summed E-state index contributed by atoms with van der Waals surface area (Å²) >= 11 is 0. The molecule has 0 fully saturated rings. The second-order valence-corrected chi connectivity index (χ2v) is 3.26. The smallest absolute Gasteiger partial charge is 0.167 e. The summed E-state index contributed by atoms with van der Waals surface area (Å²) in [5.74, 6) is -6.52. The third-order valence-electron chi connectivity index (χ3n) is 2.17. The molecule has 0 nitrogen and oxygen atoms in total. The van der Waals surface area contributed by atoms with Crippen molar-refractivity contribution in [3.05, 3.63) is 59.4 Å². The maximum Gasteiger partial charge on any atom is 0.167 e. The molecule has 0 atom stereocenters. The Balaban J connectivity index is 2.73. The minimum atomic E-state index is -1.43. The van der Waals surface area contributed by atoms with Gasteiger partial charge in [0.1, 0.15) is 17.5 Å². The number of hydrogen-bond donors (Lipinski definition) is 0. The summed E-state index contributed by atoms with van der Waals surface area (Å²) in [6, 6.07) is 4.63. The van der Waals surface area contributed by atoms with Crippen molar-refractivity contribution in [1.82, 2.24) is 0 Å². The van der Waals surface area contributed by atoms with Crippen molar-refractivity contribution in [1.29, 1.82) is 0 Å². The van der Waals surface area contributed by atoms with Crippen LogP contribution in [0.3, 0.4) is 0 Å². The number of rotatable bonds is 1. The summed E-state index contributed by atoms with van der Waals surface area (Å²) in [7, 11) is 0. The lowest BCUT2D eigenvalue weighted by Crippen LogP contribution is -1.96. The van der Waals surface area contributed by atoms with Crippen LogP contribution in [0.15, 0.2) is 24.3 Å². The van der Waals surface area contributed by atoms with Crippen LogP contribution in [0.4, 0.5) is 22.0 Å². The fourth-order valence-corrected chi connectivity index (χ4v) is 1.45. The minimum absolute atomic E-state index is 0.395. The average Bonchev–Trinajstić information content (AvgIpc) is 2.23. The van der Waals surface area contributed by atoms with Gasteiger partial charge in [-0.1, -0.05) is 12.1 Å². The standard InChI is InChI=1S/C12H4F5/c13-6-4-9(15)11(10(16)5-6)7-2-1-3-8(14)12(7)17/h1-2,4-5H. The van der Waals surface area contributed by atoms with Gasteiger partial charge in [0.15, 0.2) is 11.6 Å². The largest absolute Gasteiger partial charge is 0.207 e. The summed E-state index contributed by atoms with van der Waals surface area (Å²) in [5, 5.41) is 0. The molecule has 0 bridgehead atoms. The Hall–Kier alpha value is -1.91. The molecule has 5 heteroatoms. The van der Waals surface area contributed by atoms with E-state index in [1.165, 1.54) is 0 Å². The number of hydrogen-bond acceptors (Lipinski definition) is 0. The van der Waals surface area contributed by atoms with E-state index in [1.54, 1.807) is 0 Å². The van der Waals surface area contributed by atoms with Gasteiger partial charge in [-0.3, -0.25) is 0 Å². The highest BCUT2D eigenvalue weighted by atomic mass is 19.2. The lowest BCUT2D eigenvalue weighted by atomic mass is 10.0. The molecule has 0 aromatic heterocycles. The Labute approximate surface area is 93.3 Å². The maximum absolute atomic E-state index is 13.3. The molecule has 0 saturated carbocycles. The first-order valence-electron chi connectivity index (χ1n) is 4.51. The monoisotopic (exact) mass is 243 g/mol. The summed E-state index contributed by atoms with van der Waals surface area (Å²) in [6.07, 6.45) is 0.